The lowest BCUT2D eigenvalue weighted by Gasteiger charge is -2.27. The van der Waals surface area contributed by atoms with Gasteiger partial charge in [-0.15, -0.1) is 13.2 Å². The Labute approximate surface area is 107 Å². The molecule has 0 aromatic heterocycles. The van der Waals surface area contributed by atoms with Crippen LogP contribution < -0.4 is 14.8 Å². The first-order valence-electron chi connectivity index (χ1n) is 5.35. The van der Waals surface area contributed by atoms with Crippen molar-refractivity contribution in [2.75, 3.05) is 13.1 Å². The van der Waals surface area contributed by atoms with Crippen LogP contribution in [0.3, 0.4) is 0 Å². The van der Waals surface area contributed by atoms with Crippen molar-refractivity contribution < 1.29 is 26.3 Å². The van der Waals surface area contributed by atoms with Crippen LogP contribution in [0.1, 0.15) is 0 Å². The van der Waals surface area contributed by atoms with Crippen LogP contribution in [0.5, 0.6) is 5.75 Å². The van der Waals surface area contributed by atoms with Gasteiger partial charge in [0.15, 0.2) is 0 Å². The quantitative estimate of drug-likeness (QED) is 0.864. The first-order chi connectivity index (χ1) is 8.76. The van der Waals surface area contributed by atoms with Gasteiger partial charge in [0.05, 0.1) is 4.90 Å². The van der Waals surface area contributed by atoms with Gasteiger partial charge in [-0.25, -0.2) is 13.1 Å². The van der Waals surface area contributed by atoms with E-state index in [0.29, 0.717) is 13.1 Å². The van der Waals surface area contributed by atoms with Crippen molar-refractivity contribution >= 4 is 10.0 Å². The van der Waals surface area contributed by atoms with Gasteiger partial charge in [0.25, 0.3) is 0 Å². The number of hydrogen-bond acceptors (Lipinski definition) is 4. The van der Waals surface area contributed by atoms with E-state index in [1.165, 1.54) is 12.1 Å². The van der Waals surface area contributed by atoms with Crippen LogP contribution in [0.15, 0.2) is 29.2 Å². The van der Waals surface area contributed by atoms with Crippen molar-refractivity contribution in [3.8, 4) is 5.75 Å². The zero-order chi connectivity index (χ0) is 14.1. The predicted molar refractivity (Wildman–Crippen MR) is 60.1 cm³/mol. The Morgan fingerprint density at radius 3 is 2.53 bits per heavy atom. The molecule has 1 aromatic rings. The van der Waals surface area contributed by atoms with Gasteiger partial charge >= 0.3 is 6.36 Å². The molecule has 2 rings (SSSR count). The summed E-state index contributed by atoms with van der Waals surface area (Å²) in [7, 11) is -3.84. The highest BCUT2D eigenvalue weighted by atomic mass is 32.2. The highest BCUT2D eigenvalue weighted by Gasteiger charge is 2.32. The Morgan fingerprint density at radius 1 is 1.32 bits per heavy atom. The first-order valence-corrected chi connectivity index (χ1v) is 6.83. The molecular weight excluding hydrogens is 285 g/mol. The number of alkyl halides is 3. The Morgan fingerprint density at radius 2 is 2.00 bits per heavy atom. The molecule has 1 aliphatic heterocycles. The van der Waals surface area contributed by atoms with Gasteiger partial charge < -0.3 is 10.1 Å². The summed E-state index contributed by atoms with van der Waals surface area (Å²) in [5.74, 6) is -0.567. The smallest absolute Gasteiger partial charge is 0.406 e. The molecule has 1 aromatic carbocycles. The van der Waals surface area contributed by atoms with Crippen molar-refractivity contribution in [3.63, 3.8) is 0 Å². The minimum Gasteiger partial charge on any atom is -0.406 e. The number of nitrogens with one attached hydrogen (secondary N) is 2. The third-order valence-corrected chi connectivity index (χ3v) is 3.97. The number of halogens is 3. The van der Waals surface area contributed by atoms with E-state index < -0.39 is 22.1 Å². The third kappa shape index (κ3) is 3.82. The lowest BCUT2D eigenvalue weighted by molar-refractivity contribution is -0.274. The molecule has 0 radical (unpaired) electrons. The second-order valence-corrected chi connectivity index (χ2v) is 5.71. The number of rotatable bonds is 4. The molecule has 0 aliphatic carbocycles. The Balaban J connectivity index is 2.17. The number of sulfonamides is 1. The standard InChI is InChI=1S/C10H11F3N2O3S/c11-10(12,13)18-8-2-1-3-9(4-8)19(16,17)15-7-5-14-6-7/h1-4,7,14-15H,5-6H2. The minimum atomic E-state index is -4.85. The highest BCUT2D eigenvalue weighted by molar-refractivity contribution is 7.89. The maximum atomic E-state index is 12.0. The molecule has 5 nitrogen and oxygen atoms in total. The summed E-state index contributed by atoms with van der Waals surface area (Å²) in [6.45, 7) is 0.996. The molecule has 9 heteroatoms. The second-order valence-electron chi connectivity index (χ2n) is 4.00. The van der Waals surface area contributed by atoms with Crippen LogP contribution in [-0.4, -0.2) is 33.9 Å². The molecule has 0 unspecified atom stereocenters. The van der Waals surface area contributed by atoms with Gasteiger partial charge in [-0.1, -0.05) is 6.07 Å². The first kappa shape index (κ1) is 14.1. The number of ether oxygens (including phenoxy) is 1. The summed E-state index contributed by atoms with van der Waals surface area (Å²) >= 11 is 0. The van der Waals surface area contributed by atoms with Gasteiger partial charge in [-0.3, -0.25) is 0 Å². The van der Waals surface area contributed by atoms with E-state index in [9.17, 15) is 21.6 Å². The Bertz CT molecular complexity index is 555. The summed E-state index contributed by atoms with van der Waals surface area (Å²) in [6.07, 6.45) is -4.85. The fourth-order valence-corrected chi connectivity index (χ4v) is 2.77. The summed E-state index contributed by atoms with van der Waals surface area (Å²) < 4.78 is 65.9. The summed E-state index contributed by atoms with van der Waals surface area (Å²) in [5.41, 5.74) is 0. The molecule has 0 amide bonds. The van der Waals surface area contributed by atoms with E-state index in [0.717, 1.165) is 12.1 Å². The molecule has 2 N–H and O–H groups in total. The van der Waals surface area contributed by atoms with E-state index in [-0.39, 0.29) is 10.9 Å². The molecule has 19 heavy (non-hydrogen) atoms. The van der Waals surface area contributed by atoms with E-state index >= 15 is 0 Å². The monoisotopic (exact) mass is 296 g/mol. The molecule has 0 bridgehead atoms. The van der Waals surface area contributed by atoms with Crippen LogP contribution in [-0.2, 0) is 10.0 Å². The molecule has 1 heterocycles. The maximum absolute atomic E-state index is 12.0. The zero-order valence-electron chi connectivity index (χ0n) is 9.57. The number of benzene rings is 1. The van der Waals surface area contributed by atoms with E-state index in [1.54, 1.807) is 0 Å². The van der Waals surface area contributed by atoms with Crippen molar-refractivity contribution in [1.29, 1.82) is 0 Å². The largest absolute Gasteiger partial charge is 0.573 e. The van der Waals surface area contributed by atoms with Gasteiger partial charge in [-0.05, 0) is 12.1 Å². The lowest BCUT2D eigenvalue weighted by atomic mass is 10.2. The SMILES string of the molecule is O=S(=O)(NC1CNC1)c1cccc(OC(F)(F)F)c1. The molecule has 1 saturated heterocycles. The molecule has 1 fully saturated rings. The molecule has 0 saturated carbocycles. The minimum absolute atomic E-state index is 0.239. The maximum Gasteiger partial charge on any atom is 0.573 e. The van der Waals surface area contributed by atoms with Gasteiger partial charge in [0.1, 0.15) is 5.75 Å². The molecule has 1 aliphatic rings. The molecule has 0 spiro atoms. The summed E-state index contributed by atoms with van der Waals surface area (Å²) in [4.78, 5) is -0.263. The second kappa shape index (κ2) is 4.99. The zero-order valence-corrected chi connectivity index (χ0v) is 10.4. The van der Waals surface area contributed by atoms with Gasteiger partial charge in [0.2, 0.25) is 10.0 Å². The van der Waals surface area contributed by atoms with Crippen molar-refractivity contribution in [2.24, 2.45) is 0 Å². The fourth-order valence-electron chi connectivity index (χ4n) is 1.50. The van der Waals surface area contributed by atoms with Gasteiger partial charge in [0, 0.05) is 25.2 Å². The van der Waals surface area contributed by atoms with Crippen molar-refractivity contribution in [1.82, 2.24) is 10.0 Å². The van der Waals surface area contributed by atoms with E-state index in [1.807, 2.05) is 0 Å². The van der Waals surface area contributed by atoms with Crippen LogP contribution in [0, 0.1) is 0 Å². The third-order valence-electron chi connectivity index (χ3n) is 2.45. The molecule has 0 atom stereocenters. The van der Waals surface area contributed by atoms with Gasteiger partial charge in [-0.2, -0.15) is 0 Å². The molecule has 106 valence electrons. The summed E-state index contributed by atoms with van der Waals surface area (Å²) in [5, 5.41) is 2.88. The lowest BCUT2D eigenvalue weighted by Crippen LogP contribution is -2.56. The fraction of sp³-hybridized carbons (Fsp3) is 0.400. The van der Waals surface area contributed by atoms with Crippen molar-refractivity contribution in [3.05, 3.63) is 24.3 Å². The Kier molecular flexibility index (Phi) is 3.70. The van der Waals surface area contributed by atoms with Crippen LogP contribution in [0.25, 0.3) is 0 Å². The van der Waals surface area contributed by atoms with E-state index in [2.05, 4.69) is 14.8 Å². The topological polar surface area (TPSA) is 67.4 Å². The number of hydrogen-bond donors (Lipinski definition) is 2. The van der Waals surface area contributed by atoms with Crippen LogP contribution in [0.4, 0.5) is 13.2 Å². The van der Waals surface area contributed by atoms with Crippen molar-refractivity contribution in [2.45, 2.75) is 17.3 Å². The normalized spacial score (nSPS) is 17.0. The van der Waals surface area contributed by atoms with E-state index in [4.69, 9.17) is 0 Å². The average molecular weight is 296 g/mol. The average Bonchev–Trinajstić information content (AvgIpc) is 2.22. The van der Waals surface area contributed by atoms with Crippen LogP contribution in [0.2, 0.25) is 0 Å². The highest BCUT2D eigenvalue weighted by Crippen LogP contribution is 2.24. The van der Waals surface area contributed by atoms with Crippen LogP contribution >= 0.6 is 0 Å². The Hall–Kier alpha value is -1.32. The predicted octanol–water partition coefficient (Wildman–Crippen LogP) is 0.835. The summed E-state index contributed by atoms with van der Waals surface area (Å²) in [6, 6.07) is 4.03. The molecular formula is C10H11F3N2O3S.